The summed E-state index contributed by atoms with van der Waals surface area (Å²) >= 11 is 0. The Hall–Kier alpha value is -1.22. The third-order valence-electron chi connectivity index (χ3n) is 2.16. The Morgan fingerprint density at radius 1 is 1.18 bits per heavy atom. The van der Waals surface area contributed by atoms with Gasteiger partial charge in [-0.15, -0.1) is 0 Å². The van der Waals surface area contributed by atoms with E-state index in [1.165, 1.54) is 0 Å². The van der Waals surface area contributed by atoms with Crippen LogP contribution in [0.2, 0.25) is 0 Å². The molecule has 3 nitrogen and oxygen atoms in total. The van der Waals surface area contributed by atoms with E-state index in [2.05, 4.69) is 6.92 Å². The number of benzene rings is 1. The second kappa shape index (κ2) is 6.50. The summed E-state index contributed by atoms with van der Waals surface area (Å²) in [5, 5.41) is 9.57. The van der Waals surface area contributed by atoms with E-state index in [-0.39, 0.29) is 6.61 Å². The zero-order valence-corrected chi connectivity index (χ0v) is 10.9. The Morgan fingerprint density at radius 3 is 2.41 bits per heavy atom. The van der Waals surface area contributed by atoms with Crippen LogP contribution in [0.3, 0.4) is 0 Å². The van der Waals surface area contributed by atoms with Gasteiger partial charge in [-0.25, -0.2) is 0 Å². The predicted molar refractivity (Wildman–Crippen MR) is 68.6 cm³/mol. The van der Waals surface area contributed by atoms with Crippen molar-refractivity contribution in [3.05, 3.63) is 24.3 Å². The largest absolute Gasteiger partial charge is 0.493 e. The van der Waals surface area contributed by atoms with E-state index in [9.17, 15) is 5.11 Å². The lowest BCUT2D eigenvalue weighted by molar-refractivity contribution is 0.0284. The van der Waals surface area contributed by atoms with Crippen LogP contribution in [-0.4, -0.2) is 23.9 Å². The van der Waals surface area contributed by atoms with Gasteiger partial charge in [-0.3, -0.25) is 0 Å². The van der Waals surface area contributed by atoms with Crippen molar-refractivity contribution in [1.82, 2.24) is 0 Å². The predicted octanol–water partition coefficient (Wildman–Crippen LogP) is 3.02. The van der Waals surface area contributed by atoms with Crippen molar-refractivity contribution in [3.8, 4) is 11.5 Å². The Morgan fingerprint density at radius 2 is 1.82 bits per heavy atom. The first-order valence-electron chi connectivity index (χ1n) is 6.09. The second-order valence-corrected chi connectivity index (χ2v) is 4.78. The fraction of sp³-hybridized carbons (Fsp3) is 0.571. The Bertz CT molecular complexity index is 328. The summed E-state index contributed by atoms with van der Waals surface area (Å²) < 4.78 is 11.1. The van der Waals surface area contributed by atoms with Crippen molar-refractivity contribution in [2.45, 2.75) is 39.2 Å². The molecule has 0 radical (unpaired) electrons. The average Bonchev–Trinajstić information content (AvgIpc) is 2.27. The number of hydrogen-bond acceptors (Lipinski definition) is 3. The quantitative estimate of drug-likeness (QED) is 0.742. The van der Waals surface area contributed by atoms with Gasteiger partial charge in [-0.1, -0.05) is 19.4 Å². The summed E-state index contributed by atoms with van der Waals surface area (Å²) in [7, 11) is 0. The molecule has 1 rings (SSSR count). The van der Waals surface area contributed by atoms with Gasteiger partial charge in [0.05, 0.1) is 12.2 Å². The highest BCUT2D eigenvalue weighted by atomic mass is 16.5. The fourth-order valence-electron chi connectivity index (χ4n) is 1.25. The molecule has 0 saturated heterocycles. The van der Waals surface area contributed by atoms with Crippen LogP contribution < -0.4 is 9.47 Å². The minimum Gasteiger partial charge on any atom is -0.493 e. The molecule has 96 valence electrons. The Balaban J connectivity index is 2.48. The van der Waals surface area contributed by atoms with Crippen LogP contribution in [0.4, 0.5) is 0 Å². The molecule has 1 N–H and O–H groups in total. The standard InChI is InChI=1S/C14H22O3/c1-4-5-9-16-12-7-6-8-13(10-12)17-11-14(2,3)15/h6-8,10,15H,4-5,9,11H2,1-3H3. The first kappa shape index (κ1) is 13.8. The first-order valence-corrected chi connectivity index (χ1v) is 6.09. The van der Waals surface area contributed by atoms with Crippen LogP contribution >= 0.6 is 0 Å². The smallest absolute Gasteiger partial charge is 0.123 e. The van der Waals surface area contributed by atoms with E-state index in [0.29, 0.717) is 0 Å². The topological polar surface area (TPSA) is 38.7 Å². The number of ether oxygens (including phenoxy) is 2. The van der Waals surface area contributed by atoms with Crippen molar-refractivity contribution < 1.29 is 14.6 Å². The van der Waals surface area contributed by atoms with Crippen LogP contribution in [0.15, 0.2) is 24.3 Å². The maximum Gasteiger partial charge on any atom is 0.123 e. The summed E-state index contributed by atoms with van der Waals surface area (Å²) in [5.41, 5.74) is -0.820. The third-order valence-corrected chi connectivity index (χ3v) is 2.16. The highest BCUT2D eigenvalue weighted by Gasteiger charge is 2.13. The average molecular weight is 238 g/mol. The molecule has 0 amide bonds. The van der Waals surface area contributed by atoms with Crippen LogP contribution in [0.25, 0.3) is 0 Å². The Kier molecular flexibility index (Phi) is 5.29. The SMILES string of the molecule is CCCCOc1cccc(OCC(C)(C)O)c1. The van der Waals surface area contributed by atoms with Crippen LogP contribution in [0, 0.1) is 0 Å². The van der Waals surface area contributed by atoms with Crippen LogP contribution in [-0.2, 0) is 0 Å². The zero-order chi connectivity index (χ0) is 12.7. The molecule has 0 unspecified atom stereocenters. The van der Waals surface area contributed by atoms with Gasteiger partial charge >= 0.3 is 0 Å². The molecule has 0 aliphatic rings. The van der Waals surface area contributed by atoms with Gasteiger partial charge in [0.1, 0.15) is 18.1 Å². The molecule has 0 heterocycles. The zero-order valence-electron chi connectivity index (χ0n) is 10.9. The first-order chi connectivity index (χ1) is 8.01. The lowest BCUT2D eigenvalue weighted by atomic mass is 10.2. The van der Waals surface area contributed by atoms with Gasteiger partial charge in [0.25, 0.3) is 0 Å². The van der Waals surface area contributed by atoms with Gasteiger partial charge < -0.3 is 14.6 Å². The number of aliphatic hydroxyl groups is 1. The summed E-state index contributed by atoms with van der Waals surface area (Å²) in [4.78, 5) is 0. The number of unbranched alkanes of at least 4 members (excludes halogenated alkanes) is 1. The monoisotopic (exact) mass is 238 g/mol. The van der Waals surface area contributed by atoms with E-state index in [0.717, 1.165) is 30.9 Å². The molecule has 17 heavy (non-hydrogen) atoms. The molecule has 0 atom stereocenters. The lowest BCUT2D eigenvalue weighted by Gasteiger charge is -2.18. The van der Waals surface area contributed by atoms with Gasteiger partial charge in [-0.05, 0) is 32.4 Å². The molecule has 0 aliphatic heterocycles. The van der Waals surface area contributed by atoms with Crippen LogP contribution in [0.5, 0.6) is 11.5 Å². The Labute approximate surface area is 103 Å². The van der Waals surface area contributed by atoms with Gasteiger partial charge in [-0.2, -0.15) is 0 Å². The van der Waals surface area contributed by atoms with Crippen molar-refractivity contribution in [3.63, 3.8) is 0 Å². The molecule has 0 bridgehead atoms. The van der Waals surface area contributed by atoms with Crippen molar-refractivity contribution in [1.29, 1.82) is 0 Å². The summed E-state index contributed by atoms with van der Waals surface area (Å²) in [6.45, 7) is 6.56. The van der Waals surface area contributed by atoms with E-state index in [1.807, 2.05) is 24.3 Å². The summed E-state index contributed by atoms with van der Waals surface area (Å²) in [6, 6.07) is 7.51. The number of rotatable bonds is 7. The summed E-state index contributed by atoms with van der Waals surface area (Å²) in [6.07, 6.45) is 2.17. The minimum atomic E-state index is -0.820. The van der Waals surface area contributed by atoms with E-state index < -0.39 is 5.60 Å². The minimum absolute atomic E-state index is 0.269. The van der Waals surface area contributed by atoms with Crippen molar-refractivity contribution >= 4 is 0 Å². The van der Waals surface area contributed by atoms with E-state index in [1.54, 1.807) is 13.8 Å². The van der Waals surface area contributed by atoms with Gasteiger partial charge in [0.15, 0.2) is 0 Å². The van der Waals surface area contributed by atoms with Crippen molar-refractivity contribution in [2.75, 3.05) is 13.2 Å². The lowest BCUT2D eigenvalue weighted by Crippen LogP contribution is -2.27. The molecule has 0 fully saturated rings. The molecule has 1 aromatic rings. The van der Waals surface area contributed by atoms with Gasteiger partial charge in [0, 0.05) is 6.07 Å². The third kappa shape index (κ3) is 6.17. The van der Waals surface area contributed by atoms with Crippen LogP contribution in [0.1, 0.15) is 33.6 Å². The highest BCUT2D eigenvalue weighted by molar-refractivity contribution is 5.32. The molecular formula is C14H22O3. The molecule has 3 heteroatoms. The molecular weight excluding hydrogens is 216 g/mol. The van der Waals surface area contributed by atoms with E-state index in [4.69, 9.17) is 9.47 Å². The second-order valence-electron chi connectivity index (χ2n) is 4.78. The molecule has 0 aromatic heterocycles. The molecule has 0 spiro atoms. The maximum atomic E-state index is 9.57. The molecule has 1 aromatic carbocycles. The fourth-order valence-corrected chi connectivity index (χ4v) is 1.25. The number of hydrogen-bond donors (Lipinski definition) is 1. The summed E-state index contributed by atoms with van der Waals surface area (Å²) in [5.74, 6) is 1.54. The van der Waals surface area contributed by atoms with E-state index >= 15 is 0 Å². The van der Waals surface area contributed by atoms with Gasteiger partial charge in [0.2, 0.25) is 0 Å². The normalized spacial score (nSPS) is 11.3. The molecule has 0 saturated carbocycles. The molecule has 0 aliphatic carbocycles. The van der Waals surface area contributed by atoms with Crippen molar-refractivity contribution in [2.24, 2.45) is 0 Å². The highest BCUT2D eigenvalue weighted by Crippen LogP contribution is 2.20. The maximum absolute atomic E-state index is 9.57.